The van der Waals surface area contributed by atoms with Crippen molar-refractivity contribution in [1.29, 1.82) is 0 Å². The van der Waals surface area contributed by atoms with E-state index in [2.05, 4.69) is 46.5 Å². The van der Waals surface area contributed by atoms with Gasteiger partial charge in [-0.25, -0.2) is 9.79 Å². The maximum atomic E-state index is 13.0. The van der Waals surface area contributed by atoms with Gasteiger partial charge in [-0.15, -0.1) is 0 Å². The lowest BCUT2D eigenvalue weighted by Crippen LogP contribution is -2.23. The Bertz CT molecular complexity index is 1150. The molecule has 34 heavy (non-hydrogen) atoms. The van der Waals surface area contributed by atoms with Crippen LogP contribution >= 0.6 is 11.8 Å². The van der Waals surface area contributed by atoms with Gasteiger partial charge in [0.15, 0.2) is 5.17 Å². The Hall–Kier alpha value is -3.06. The molecule has 3 rings (SSSR count). The number of ether oxygens (including phenoxy) is 1. The molecule has 0 bridgehead atoms. The average Bonchev–Trinajstić information content (AvgIpc) is 3.01. The van der Waals surface area contributed by atoms with Gasteiger partial charge in [0.05, 0.1) is 23.3 Å². The molecule has 0 unspecified atom stereocenters. The minimum atomic E-state index is -0.412. The van der Waals surface area contributed by atoms with Gasteiger partial charge in [0.1, 0.15) is 5.75 Å². The molecule has 6 nitrogen and oxygen atoms in total. The SMILES string of the molecule is COC(=O)c1ccc(N=C2S/C(=C\c3cc(C(C)(C)C)c(O)c(C(C)(C)C)c3)C(=O)N2C)cc1. The van der Waals surface area contributed by atoms with Crippen molar-refractivity contribution in [2.75, 3.05) is 14.2 Å². The van der Waals surface area contributed by atoms with Crippen molar-refractivity contribution < 1.29 is 19.4 Å². The summed E-state index contributed by atoms with van der Waals surface area (Å²) in [4.78, 5) is 31.3. The molecule has 2 aromatic rings. The van der Waals surface area contributed by atoms with E-state index in [0.717, 1.165) is 16.7 Å². The van der Waals surface area contributed by atoms with Crippen molar-refractivity contribution in [2.45, 2.75) is 52.4 Å². The van der Waals surface area contributed by atoms with Crippen LogP contribution < -0.4 is 0 Å². The Labute approximate surface area is 205 Å². The number of nitrogens with zero attached hydrogens (tertiary/aromatic N) is 2. The lowest BCUT2D eigenvalue weighted by Gasteiger charge is -2.28. The number of likely N-dealkylation sites (N-methyl/N-ethyl adjacent to an activating group) is 1. The fourth-order valence-electron chi connectivity index (χ4n) is 3.59. The van der Waals surface area contributed by atoms with Gasteiger partial charge in [-0.3, -0.25) is 9.69 Å². The first-order chi connectivity index (χ1) is 15.7. The number of carbonyl (C=O) groups excluding carboxylic acids is 2. The van der Waals surface area contributed by atoms with Crippen LogP contribution in [0.3, 0.4) is 0 Å². The highest BCUT2D eigenvalue weighted by molar-refractivity contribution is 8.18. The molecule has 1 saturated heterocycles. The second kappa shape index (κ2) is 9.29. The minimum absolute atomic E-state index is 0.141. The molecule has 0 aliphatic carbocycles. The fraction of sp³-hybridized carbons (Fsp3) is 0.370. The van der Waals surface area contributed by atoms with E-state index in [1.54, 1.807) is 31.3 Å². The van der Waals surface area contributed by atoms with Gasteiger partial charge in [0.2, 0.25) is 0 Å². The van der Waals surface area contributed by atoms with Gasteiger partial charge in [-0.2, -0.15) is 0 Å². The number of rotatable bonds is 3. The second-order valence-corrected chi connectivity index (χ2v) is 11.4. The molecule has 1 aliphatic rings. The Morgan fingerprint density at radius 3 is 2.03 bits per heavy atom. The normalized spacial score (nSPS) is 17.1. The van der Waals surface area contributed by atoms with Crippen LogP contribution in [0.5, 0.6) is 5.75 Å². The van der Waals surface area contributed by atoms with Crippen molar-refractivity contribution in [3.8, 4) is 5.75 Å². The summed E-state index contributed by atoms with van der Waals surface area (Å²) < 4.78 is 4.72. The number of benzene rings is 2. The van der Waals surface area contributed by atoms with E-state index >= 15 is 0 Å². The van der Waals surface area contributed by atoms with Gasteiger partial charge < -0.3 is 9.84 Å². The zero-order valence-electron chi connectivity index (χ0n) is 21.0. The molecule has 0 atom stereocenters. The lowest BCUT2D eigenvalue weighted by molar-refractivity contribution is -0.121. The summed E-state index contributed by atoms with van der Waals surface area (Å²) in [6, 6.07) is 10.6. The lowest BCUT2D eigenvalue weighted by atomic mass is 9.78. The molecule has 7 heteroatoms. The second-order valence-electron chi connectivity index (χ2n) is 10.4. The summed E-state index contributed by atoms with van der Waals surface area (Å²) in [7, 11) is 3.03. The molecule has 1 aliphatic heterocycles. The number of esters is 1. The quantitative estimate of drug-likeness (QED) is 0.430. The summed E-state index contributed by atoms with van der Waals surface area (Å²) in [5, 5.41) is 11.5. The third kappa shape index (κ3) is 5.36. The number of carbonyl (C=O) groups is 2. The standard InChI is InChI=1S/C27H32N2O4S/c1-26(2,3)19-13-16(14-20(22(19)30)27(4,5)6)15-21-23(31)29(7)25(34-21)28-18-11-9-17(10-12-18)24(32)33-8/h9-15,30H,1-8H3/b21-15-,28-25?. The number of hydrogen-bond donors (Lipinski definition) is 1. The van der Waals surface area contributed by atoms with Gasteiger partial charge in [-0.05, 0) is 70.6 Å². The highest BCUT2D eigenvalue weighted by Crippen LogP contribution is 2.41. The fourth-order valence-corrected chi connectivity index (χ4v) is 4.57. The molecule has 2 aromatic carbocycles. The van der Waals surface area contributed by atoms with Gasteiger partial charge >= 0.3 is 5.97 Å². The van der Waals surface area contributed by atoms with Crippen LogP contribution in [0.1, 0.15) is 68.6 Å². The predicted molar refractivity (Wildman–Crippen MR) is 139 cm³/mol. The smallest absolute Gasteiger partial charge is 0.337 e. The predicted octanol–water partition coefficient (Wildman–Crippen LogP) is 6.01. The number of phenolic OH excluding ortho intramolecular Hbond substituents is 1. The molecule has 0 radical (unpaired) electrons. The van der Waals surface area contributed by atoms with Crippen LogP contribution in [-0.2, 0) is 20.4 Å². The number of thioether (sulfide) groups is 1. The molecule has 1 N–H and O–H groups in total. The van der Waals surface area contributed by atoms with Crippen molar-refractivity contribution in [1.82, 2.24) is 4.90 Å². The Kier molecular flexibility index (Phi) is 6.99. The number of methoxy groups -OCH3 is 1. The topological polar surface area (TPSA) is 79.2 Å². The maximum Gasteiger partial charge on any atom is 0.337 e. The van der Waals surface area contributed by atoms with Crippen molar-refractivity contribution in [3.63, 3.8) is 0 Å². The number of amides is 1. The summed E-state index contributed by atoms with van der Waals surface area (Å²) in [5.74, 6) is -0.245. The first-order valence-electron chi connectivity index (χ1n) is 11.0. The highest BCUT2D eigenvalue weighted by Gasteiger charge is 2.31. The van der Waals surface area contributed by atoms with E-state index in [1.807, 2.05) is 18.2 Å². The molecule has 1 amide bonds. The number of amidine groups is 1. The number of aromatic hydroxyl groups is 1. The Morgan fingerprint density at radius 2 is 1.56 bits per heavy atom. The van der Waals surface area contributed by atoms with Crippen LogP contribution in [0, 0.1) is 0 Å². The van der Waals surface area contributed by atoms with Gasteiger partial charge in [0, 0.05) is 18.2 Å². The van der Waals surface area contributed by atoms with Crippen LogP contribution in [0.4, 0.5) is 5.69 Å². The molecule has 0 spiro atoms. The molecular formula is C27H32N2O4S. The van der Waals surface area contributed by atoms with Crippen molar-refractivity contribution in [2.24, 2.45) is 4.99 Å². The highest BCUT2D eigenvalue weighted by atomic mass is 32.2. The van der Waals surface area contributed by atoms with Crippen LogP contribution in [0.2, 0.25) is 0 Å². The number of phenols is 1. The van der Waals surface area contributed by atoms with Gasteiger partial charge in [0.25, 0.3) is 5.91 Å². The summed E-state index contributed by atoms with van der Waals surface area (Å²) in [6.07, 6.45) is 1.86. The average molecular weight is 481 g/mol. The van der Waals surface area contributed by atoms with Crippen molar-refractivity contribution >= 4 is 40.6 Å². The van der Waals surface area contributed by atoms with Crippen LogP contribution in [0.15, 0.2) is 46.3 Å². The molecule has 0 aromatic heterocycles. The van der Waals surface area contributed by atoms with Crippen molar-refractivity contribution in [3.05, 3.63) is 63.6 Å². The summed E-state index contributed by atoms with van der Waals surface area (Å²) in [5.41, 5.74) is 3.10. The van der Waals surface area contributed by atoms with Gasteiger partial charge in [-0.1, -0.05) is 41.5 Å². The third-order valence-electron chi connectivity index (χ3n) is 5.56. The molecule has 1 heterocycles. The maximum absolute atomic E-state index is 13.0. The van der Waals surface area contributed by atoms with E-state index < -0.39 is 5.97 Å². The number of hydrogen-bond acceptors (Lipinski definition) is 6. The Balaban J connectivity index is 1.99. The van der Waals surface area contributed by atoms with E-state index in [0.29, 0.717) is 27.1 Å². The zero-order valence-corrected chi connectivity index (χ0v) is 21.8. The molecule has 1 fully saturated rings. The molecule has 180 valence electrons. The first-order valence-corrected chi connectivity index (χ1v) is 11.9. The summed E-state index contributed by atoms with van der Waals surface area (Å²) >= 11 is 1.30. The first kappa shape index (κ1) is 25.6. The monoisotopic (exact) mass is 480 g/mol. The number of aliphatic imine (C=N–C) groups is 1. The minimum Gasteiger partial charge on any atom is -0.507 e. The zero-order chi connectivity index (χ0) is 25.4. The Morgan fingerprint density at radius 1 is 1.03 bits per heavy atom. The van der Waals surface area contributed by atoms with Crippen LogP contribution in [0.25, 0.3) is 6.08 Å². The van der Waals surface area contributed by atoms with E-state index in [1.165, 1.54) is 23.8 Å². The molecule has 0 saturated carbocycles. The largest absolute Gasteiger partial charge is 0.507 e. The van der Waals surface area contributed by atoms with E-state index in [4.69, 9.17) is 4.74 Å². The third-order valence-corrected chi connectivity index (χ3v) is 6.62. The molecular weight excluding hydrogens is 448 g/mol. The summed E-state index contributed by atoms with van der Waals surface area (Å²) in [6.45, 7) is 12.4. The van der Waals surface area contributed by atoms with E-state index in [9.17, 15) is 14.7 Å². The van der Waals surface area contributed by atoms with E-state index in [-0.39, 0.29) is 16.7 Å². The van der Waals surface area contributed by atoms with Crippen LogP contribution in [-0.4, -0.2) is 41.2 Å².